The summed E-state index contributed by atoms with van der Waals surface area (Å²) in [6.07, 6.45) is 6.93. The van der Waals surface area contributed by atoms with E-state index in [-0.39, 0.29) is 19.0 Å². The van der Waals surface area contributed by atoms with Gasteiger partial charge in [0, 0.05) is 12.1 Å². The second-order valence-electron chi connectivity index (χ2n) is 4.35. The number of nitrogens with one attached hydrogen (secondary N) is 1. The second kappa shape index (κ2) is 9.78. The zero-order valence-corrected chi connectivity index (χ0v) is 13.3. The van der Waals surface area contributed by atoms with Crippen molar-refractivity contribution in [3.8, 4) is 23.8 Å². The molecule has 118 valence electrons. The number of hydrogen-bond donors (Lipinski definition) is 1. The third-order valence-electron chi connectivity index (χ3n) is 2.85. The van der Waals surface area contributed by atoms with Crippen LogP contribution in [0.5, 0.6) is 11.5 Å². The third-order valence-corrected chi connectivity index (χ3v) is 2.85. The SMILES string of the molecule is C#CCOc1c(CNCc2ccco2)cccc1OCC.Cl. The number of hydrogen-bond acceptors (Lipinski definition) is 4. The summed E-state index contributed by atoms with van der Waals surface area (Å²) in [5.41, 5.74) is 1.00. The van der Waals surface area contributed by atoms with Gasteiger partial charge in [0.1, 0.15) is 12.4 Å². The standard InChI is InChI=1S/C17H19NO3.ClH/c1-3-10-21-17-14(7-5-9-16(17)19-4-2)12-18-13-15-8-6-11-20-15;/h1,5-9,11,18H,4,10,12-13H2,2H3;1H. The first-order chi connectivity index (χ1) is 10.3. The van der Waals surface area contributed by atoms with Crippen molar-refractivity contribution in [1.82, 2.24) is 5.32 Å². The highest BCUT2D eigenvalue weighted by molar-refractivity contribution is 5.85. The highest BCUT2D eigenvalue weighted by Gasteiger charge is 2.10. The lowest BCUT2D eigenvalue weighted by molar-refractivity contribution is 0.296. The molecule has 0 fully saturated rings. The molecule has 4 nitrogen and oxygen atoms in total. The van der Waals surface area contributed by atoms with Crippen LogP contribution in [0.2, 0.25) is 0 Å². The first kappa shape index (κ1) is 18.0. The number of para-hydroxylation sites is 1. The molecule has 22 heavy (non-hydrogen) atoms. The number of rotatable bonds is 8. The molecular formula is C17H20ClNO3. The Balaban J connectivity index is 0.00000242. The average molecular weight is 322 g/mol. The van der Waals surface area contributed by atoms with Crippen LogP contribution in [-0.4, -0.2) is 13.2 Å². The van der Waals surface area contributed by atoms with E-state index in [2.05, 4.69) is 11.2 Å². The minimum Gasteiger partial charge on any atom is -0.490 e. The van der Waals surface area contributed by atoms with Crippen LogP contribution in [0.25, 0.3) is 0 Å². The van der Waals surface area contributed by atoms with Gasteiger partial charge in [0.15, 0.2) is 11.5 Å². The summed E-state index contributed by atoms with van der Waals surface area (Å²) in [4.78, 5) is 0. The molecule has 0 saturated carbocycles. The fourth-order valence-corrected chi connectivity index (χ4v) is 1.98. The van der Waals surface area contributed by atoms with Gasteiger partial charge in [-0.05, 0) is 25.1 Å². The summed E-state index contributed by atoms with van der Waals surface area (Å²) in [6.45, 7) is 4.03. The summed E-state index contributed by atoms with van der Waals surface area (Å²) in [7, 11) is 0. The lowest BCUT2D eigenvalue weighted by Gasteiger charge is -2.15. The number of ether oxygens (including phenoxy) is 2. The number of halogens is 1. The van der Waals surface area contributed by atoms with E-state index in [0.29, 0.717) is 31.2 Å². The monoisotopic (exact) mass is 321 g/mol. The first-order valence-electron chi connectivity index (χ1n) is 6.89. The van der Waals surface area contributed by atoms with Crippen LogP contribution in [0.4, 0.5) is 0 Å². The van der Waals surface area contributed by atoms with Crippen molar-refractivity contribution in [1.29, 1.82) is 0 Å². The number of benzene rings is 1. The van der Waals surface area contributed by atoms with Crippen molar-refractivity contribution in [2.75, 3.05) is 13.2 Å². The summed E-state index contributed by atoms with van der Waals surface area (Å²) >= 11 is 0. The van der Waals surface area contributed by atoms with Gasteiger partial charge in [-0.3, -0.25) is 0 Å². The van der Waals surface area contributed by atoms with E-state index in [0.717, 1.165) is 11.3 Å². The van der Waals surface area contributed by atoms with Gasteiger partial charge in [0.2, 0.25) is 0 Å². The van der Waals surface area contributed by atoms with Crippen molar-refractivity contribution in [2.24, 2.45) is 0 Å². The molecular weight excluding hydrogens is 302 g/mol. The van der Waals surface area contributed by atoms with Gasteiger partial charge in [0.25, 0.3) is 0 Å². The Labute approximate surface area is 137 Å². The lowest BCUT2D eigenvalue weighted by atomic mass is 10.2. The molecule has 0 aliphatic heterocycles. The van der Waals surface area contributed by atoms with Gasteiger partial charge in [-0.1, -0.05) is 18.1 Å². The predicted octanol–water partition coefficient (Wildman–Crippen LogP) is 3.40. The minimum absolute atomic E-state index is 0. The summed E-state index contributed by atoms with van der Waals surface area (Å²) in [5, 5.41) is 3.31. The van der Waals surface area contributed by atoms with E-state index in [1.165, 1.54) is 0 Å². The van der Waals surface area contributed by atoms with E-state index in [1.807, 2.05) is 37.3 Å². The predicted molar refractivity (Wildman–Crippen MR) is 88.4 cm³/mol. The number of furan rings is 1. The van der Waals surface area contributed by atoms with E-state index in [1.54, 1.807) is 6.26 Å². The highest BCUT2D eigenvalue weighted by atomic mass is 35.5. The van der Waals surface area contributed by atoms with E-state index < -0.39 is 0 Å². The molecule has 1 N–H and O–H groups in total. The van der Waals surface area contributed by atoms with Gasteiger partial charge >= 0.3 is 0 Å². The third kappa shape index (κ3) is 5.03. The normalized spacial score (nSPS) is 9.64. The minimum atomic E-state index is 0. The summed E-state index contributed by atoms with van der Waals surface area (Å²) in [5.74, 6) is 4.78. The molecule has 0 spiro atoms. The maximum atomic E-state index is 5.63. The largest absolute Gasteiger partial charge is 0.490 e. The summed E-state index contributed by atoms with van der Waals surface area (Å²) in [6, 6.07) is 9.61. The lowest BCUT2D eigenvalue weighted by Crippen LogP contribution is -2.14. The van der Waals surface area contributed by atoms with Crippen LogP contribution in [0.1, 0.15) is 18.2 Å². The molecule has 0 radical (unpaired) electrons. The van der Waals surface area contributed by atoms with Crippen LogP contribution in [0, 0.1) is 12.3 Å². The summed E-state index contributed by atoms with van der Waals surface area (Å²) < 4.78 is 16.5. The van der Waals surface area contributed by atoms with Gasteiger partial charge < -0.3 is 19.2 Å². The van der Waals surface area contributed by atoms with Gasteiger partial charge in [-0.15, -0.1) is 18.8 Å². The second-order valence-corrected chi connectivity index (χ2v) is 4.35. The van der Waals surface area contributed by atoms with Crippen molar-refractivity contribution >= 4 is 12.4 Å². The molecule has 1 aromatic heterocycles. The fourth-order valence-electron chi connectivity index (χ4n) is 1.98. The van der Waals surface area contributed by atoms with Crippen LogP contribution >= 0.6 is 12.4 Å². The Morgan fingerprint density at radius 1 is 1.18 bits per heavy atom. The quantitative estimate of drug-likeness (QED) is 0.757. The van der Waals surface area contributed by atoms with Gasteiger partial charge in [-0.2, -0.15) is 0 Å². The fraction of sp³-hybridized carbons (Fsp3) is 0.294. The van der Waals surface area contributed by atoms with Gasteiger partial charge in [0.05, 0.1) is 19.4 Å². The van der Waals surface area contributed by atoms with Crippen molar-refractivity contribution < 1.29 is 13.9 Å². The number of terminal acetylenes is 1. The molecule has 0 aliphatic rings. The Morgan fingerprint density at radius 2 is 2.05 bits per heavy atom. The molecule has 0 bridgehead atoms. The van der Waals surface area contributed by atoms with E-state index in [9.17, 15) is 0 Å². The van der Waals surface area contributed by atoms with Crippen molar-refractivity contribution in [3.63, 3.8) is 0 Å². The molecule has 2 aromatic rings. The van der Waals surface area contributed by atoms with Crippen molar-refractivity contribution in [2.45, 2.75) is 20.0 Å². The molecule has 0 saturated heterocycles. The zero-order valence-electron chi connectivity index (χ0n) is 12.5. The van der Waals surface area contributed by atoms with E-state index in [4.69, 9.17) is 20.3 Å². The molecule has 0 unspecified atom stereocenters. The van der Waals surface area contributed by atoms with E-state index >= 15 is 0 Å². The Bertz CT molecular complexity index is 590. The highest BCUT2D eigenvalue weighted by Crippen LogP contribution is 2.31. The first-order valence-corrected chi connectivity index (χ1v) is 6.89. The Kier molecular flexibility index (Phi) is 7.98. The zero-order chi connectivity index (χ0) is 14.9. The topological polar surface area (TPSA) is 43.6 Å². The maximum absolute atomic E-state index is 5.63. The van der Waals surface area contributed by atoms with Crippen LogP contribution in [0.3, 0.4) is 0 Å². The Morgan fingerprint density at radius 3 is 2.73 bits per heavy atom. The molecule has 0 aliphatic carbocycles. The molecule has 0 amide bonds. The van der Waals surface area contributed by atoms with Crippen LogP contribution in [-0.2, 0) is 13.1 Å². The van der Waals surface area contributed by atoms with Crippen LogP contribution in [0.15, 0.2) is 41.0 Å². The van der Waals surface area contributed by atoms with Crippen molar-refractivity contribution in [3.05, 3.63) is 47.9 Å². The maximum Gasteiger partial charge on any atom is 0.167 e. The molecule has 5 heteroatoms. The average Bonchev–Trinajstić information content (AvgIpc) is 3.00. The van der Waals surface area contributed by atoms with Gasteiger partial charge in [-0.25, -0.2) is 0 Å². The molecule has 1 heterocycles. The molecule has 0 atom stereocenters. The smallest absolute Gasteiger partial charge is 0.167 e. The Hall–Kier alpha value is -2.09. The van der Waals surface area contributed by atoms with Crippen LogP contribution < -0.4 is 14.8 Å². The molecule has 2 rings (SSSR count). The molecule has 1 aromatic carbocycles.